The molecule has 3 rings (SSSR count). The fourth-order valence-corrected chi connectivity index (χ4v) is 3.03. The summed E-state index contributed by atoms with van der Waals surface area (Å²) in [6, 6.07) is 14.4. The molecule has 0 atom stereocenters. The van der Waals surface area contributed by atoms with Crippen molar-refractivity contribution in [3.05, 3.63) is 64.1 Å². The van der Waals surface area contributed by atoms with Gasteiger partial charge in [-0.1, -0.05) is 36.4 Å². The molecule has 4 heteroatoms. The van der Waals surface area contributed by atoms with Gasteiger partial charge in [0.15, 0.2) is 0 Å². The molecular formula is C17H17N3S. The first-order valence-corrected chi connectivity index (χ1v) is 7.79. The number of anilines is 1. The van der Waals surface area contributed by atoms with Crippen LogP contribution >= 0.6 is 11.3 Å². The van der Waals surface area contributed by atoms with E-state index in [0.717, 1.165) is 34.9 Å². The summed E-state index contributed by atoms with van der Waals surface area (Å²) in [5, 5.41) is 5.26. The fourth-order valence-electron chi connectivity index (χ4n) is 2.33. The molecule has 2 aromatic heterocycles. The predicted octanol–water partition coefficient (Wildman–Crippen LogP) is 4.15. The van der Waals surface area contributed by atoms with Gasteiger partial charge in [-0.3, -0.25) is 0 Å². The second-order valence-electron chi connectivity index (χ2n) is 4.83. The average Bonchev–Trinajstić information content (AvgIpc) is 3.02. The van der Waals surface area contributed by atoms with E-state index in [-0.39, 0.29) is 0 Å². The van der Waals surface area contributed by atoms with Crippen molar-refractivity contribution < 1.29 is 0 Å². The SMILES string of the molecule is CNc1nc(Cc2cccs2)nc(-c2ccccc2)c1C. The lowest BCUT2D eigenvalue weighted by Crippen LogP contribution is -2.05. The highest BCUT2D eigenvalue weighted by Gasteiger charge is 2.12. The lowest BCUT2D eigenvalue weighted by molar-refractivity contribution is 0.973. The quantitative estimate of drug-likeness (QED) is 0.786. The van der Waals surface area contributed by atoms with Crippen LogP contribution in [-0.2, 0) is 6.42 Å². The number of rotatable bonds is 4. The van der Waals surface area contributed by atoms with Crippen LogP contribution in [0.15, 0.2) is 47.8 Å². The van der Waals surface area contributed by atoms with Crippen molar-refractivity contribution in [3.8, 4) is 11.3 Å². The van der Waals surface area contributed by atoms with E-state index in [0.29, 0.717) is 0 Å². The van der Waals surface area contributed by atoms with Crippen LogP contribution < -0.4 is 5.32 Å². The summed E-state index contributed by atoms with van der Waals surface area (Å²) in [6.07, 6.45) is 0.770. The Morgan fingerprint density at radius 2 is 1.86 bits per heavy atom. The third-order valence-corrected chi connectivity index (χ3v) is 4.26. The van der Waals surface area contributed by atoms with E-state index in [9.17, 15) is 0 Å². The number of hydrogen-bond acceptors (Lipinski definition) is 4. The number of hydrogen-bond donors (Lipinski definition) is 1. The van der Waals surface area contributed by atoms with E-state index >= 15 is 0 Å². The molecule has 0 aliphatic heterocycles. The van der Waals surface area contributed by atoms with E-state index in [1.54, 1.807) is 11.3 Å². The minimum absolute atomic E-state index is 0.770. The monoisotopic (exact) mass is 295 g/mol. The number of thiophene rings is 1. The first-order chi connectivity index (χ1) is 10.3. The molecule has 0 spiro atoms. The molecule has 0 fully saturated rings. The molecular weight excluding hydrogens is 278 g/mol. The third kappa shape index (κ3) is 2.95. The predicted molar refractivity (Wildman–Crippen MR) is 88.9 cm³/mol. The lowest BCUT2D eigenvalue weighted by atomic mass is 10.1. The van der Waals surface area contributed by atoms with Gasteiger partial charge in [0.1, 0.15) is 11.6 Å². The maximum atomic E-state index is 4.78. The van der Waals surface area contributed by atoms with Crippen LogP contribution in [0.25, 0.3) is 11.3 Å². The zero-order valence-electron chi connectivity index (χ0n) is 12.1. The van der Waals surface area contributed by atoms with Gasteiger partial charge in [-0.25, -0.2) is 9.97 Å². The summed E-state index contributed by atoms with van der Waals surface area (Å²) in [5.41, 5.74) is 3.21. The largest absolute Gasteiger partial charge is 0.373 e. The molecule has 0 bridgehead atoms. The average molecular weight is 295 g/mol. The van der Waals surface area contributed by atoms with Crippen molar-refractivity contribution in [1.82, 2.24) is 9.97 Å². The molecule has 3 nitrogen and oxygen atoms in total. The fraction of sp³-hybridized carbons (Fsp3) is 0.176. The van der Waals surface area contributed by atoms with Gasteiger partial charge >= 0.3 is 0 Å². The van der Waals surface area contributed by atoms with E-state index in [2.05, 4.69) is 46.9 Å². The summed E-state index contributed by atoms with van der Waals surface area (Å²) in [7, 11) is 1.90. The summed E-state index contributed by atoms with van der Waals surface area (Å²) in [4.78, 5) is 10.7. The smallest absolute Gasteiger partial charge is 0.136 e. The molecule has 0 saturated carbocycles. The number of benzene rings is 1. The normalized spacial score (nSPS) is 10.6. The Bertz CT molecular complexity index is 721. The van der Waals surface area contributed by atoms with E-state index in [4.69, 9.17) is 4.98 Å². The molecule has 1 aromatic carbocycles. The first kappa shape index (κ1) is 13.8. The lowest BCUT2D eigenvalue weighted by Gasteiger charge is -2.12. The summed E-state index contributed by atoms with van der Waals surface area (Å²) in [6.45, 7) is 2.06. The van der Waals surface area contributed by atoms with Crippen molar-refractivity contribution in [3.63, 3.8) is 0 Å². The summed E-state index contributed by atoms with van der Waals surface area (Å²) >= 11 is 1.74. The van der Waals surface area contributed by atoms with Crippen LogP contribution in [0.5, 0.6) is 0 Å². The van der Waals surface area contributed by atoms with Gasteiger partial charge in [0.05, 0.1) is 5.69 Å². The Balaban J connectivity index is 2.06. The molecule has 21 heavy (non-hydrogen) atoms. The second-order valence-corrected chi connectivity index (χ2v) is 5.87. The maximum absolute atomic E-state index is 4.78. The standard InChI is InChI=1S/C17H17N3S/c1-12-16(13-7-4-3-5-8-13)19-15(20-17(12)18-2)11-14-9-6-10-21-14/h3-10H,11H2,1-2H3,(H,18,19,20). The molecule has 0 aliphatic carbocycles. The number of aromatic nitrogens is 2. The van der Waals surface area contributed by atoms with Crippen LogP contribution in [-0.4, -0.2) is 17.0 Å². The van der Waals surface area contributed by atoms with Gasteiger partial charge < -0.3 is 5.32 Å². The van der Waals surface area contributed by atoms with Crippen LogP contribution in [0.3, 0.4) is 0 Å². The Hall–Kier alpha value is -2.20. The van der Waals surface area contributed by atoms with Crippen molar-refractivity contribution in [2.45, 2.75) is 13.3 Å². The summed E-state index contributed by atoms with van der Waals surface area (Å²) in [5.74, 6) is 1.75. The Labute approximate surface area is 128 Å². The van der Waals surface area contributed by atoms with Crippen LogP contribution in [0, 0.1) is 6.92 Å². The topological polar surface area (TPSA) is 37.8 Å². The van der Waals surface area contributed by atoms with Crippen molar-refractivity contribution in [2.75, 3.05) is 12.4 Å². The highest BCUT2D eigenvalue weighted by molar-refractivity contribution is 7.09. The van der Waals surface area contributed by atoms with Gasteiger partial charge in [0, 0.05) is 29.5 Å². The molecule has 0 saturated heterocycles. The van der Waals surface area contributed by atoms with E-state index in [1.165, 1.54) is 4.88 Å². The van der Waals surface area contributed by atoms with Gasteiger partial charge in [-0.15, -0.1) is 11.3 Å². The molecule has 1 N–H and O–H groups in total. The third-order valence-electron chi connectivity index (χ3n) is 3.39. The zero-order valence-corrected chi connectivity index (χ0v) is 12.9. The Morgan fingerprint density at radius 3 is 2.52 bits per heavy atom. The van der Waals surface area contributed by atoms with Gasteiger partial charge in [-0.05, 0) is 18.4 Å². The molecule has 0 unspecified atom stereocenters. The molecule has 0 amide bonds. The Kier molecular flexibility index (Phi) is 3.97. The van der Waals surface area contributed by atoms with Crippen LogP contribution in [0.2, 0.25) is 0 Å². The molecule has 106 valence electrons. The summed E-state index contributed by atoms with van der Waals surface area (Å²) < 4.78 is 0. The highest BCUT2D eigenvalue weighted by Crippen LogP contribution is 2.26. The van der Waals surface area contributed by atoms with Crippen molar-refractivity contribution in [1.29, 1.82) is 0 Å². The highest BCUT2D eigenvalue weighted by atomic mass is 32.1. The molecule has 0 radical (unpaired) electrons. The van der Waals surface area contributed by atoms with E-state index < -0.39 is 0 Å². The van der Waals surface area contributed by atoms with Gasteiger partial charge in [0.25, 0.3) is 0 Å². The minimum Gasteiger partial charge on any atom is -0.373 e. The van der Waals surface area contributed by atoms with Gasteiger partial charge in [0.2, 0.25) is 0 Å². The zero-order chi connectivity index (χ0) is 14.7. The minimum atomic E-state index is 0.770. The van der Waals surface area contributed by atoms with E-state index in [1.807, 2.05) is 25.2 Å². The number of nitrogens with one attached hydrogen (secondary N) is 1. The van der Waals surface area contributed by atoms with Gasteiger partial charge in [-0.2, -0.15) is 0 Å². The van der Waals surface area contributed by atoms with Crippen LogP contribution in [0.4, 0.5) is 5.82 Å². The molecule has 3 aromatic rings. The van der Waals surface area contributed by atoms with Crippen molar-refractivity contribution >= 4 is 17.2 Å². The number of nitrogens with zero attached hydrogens (tertiary/aromatic N) is 2. The molecule has 0 aliphatic rings. The Morgan fingerprint density at radius 1 is 1.05 bits per heavy atom. The molecule has 2 heterocycles. The van der Waals surface area contributed by atoms with Crippen molar-refractivity contribution in [2.24, 2.45) is 0 Å². The van der Waals surface area contributed by atoms with Crippen LogP contribution in [0.1, 0.15) is 16.3 Å². The second kappa shape index (κ2) is 6.06. The first-order valence-electron chi connectivity index (χ1n) is 6.91. The maximum Gasteiger partial charge on any atom is 0.136 e.